The Morgan fingerprint density at radius 2 is 1.97 bits per heavy atom. The number of methoxy groups -OCH3 is 1. The molecule has 2 aromatic rings. The lowest BCUT2D eigenvalue weighted by atomic mass is 9.76. The molecular weight excluding hydrogens is 445 g/mol. The van der Waals surface area contributed by atoms with Crippen molar-refractivity contribution < 1.29 is 35.5 Å². The highest BCUT2D eigenvalue weighted by Crippen LogP contribution is 2.40. The first kappa shape index (κ1) is 20.5. The molecule has 1 aliphatic rings. The van der Waals surface area contributed by atoms with Gasteiger partial charge in [-0.25, -0.2) is 25.9 Å². The first-order chi connectivity index (χ1) is 16.2. The van der Waals surface area contributed by atoms with Gasteiger partial charge in [0, 0.05) is 41.3 Å². The average Bonchev–Trinajstić information content (AvgIpc) is 2.78. The summed E-state index contributed by atoms with van der Waals surface area (Å²) in [5, 5.41) is 11.7. The summed E-state index contributed by atoms with van der Waals surface area (Å²) >= 11 is 0. The zero-order valence-electron chi connectivity index (χ0n) is 20.7. The van der Waals surface area contributed by atoms with Gasteiger partial charge >= 0.3 is 0 Å². The van der Waals surface area contributed by atoms with Crippen LogP contribution in [-0.2, 0) is 21.4 Å². The van der Waals surface area contributed by atoms with Gasteiger partial charge in [-0.2, -0.15) is 0 Å². The van der Waals surface area contributed by atoms with E-state index >= 15 is 0 Å². The third-order valence-electron chi connectivity index (χ3n) is 5.73. The van der Waals surface area contributed by atoms with Crippen LogP contribution in [0.4, 0.5) is 13.2 Å². The van der Waals surface area contributed by atoms with Crippen LogP contribution in [0.3, 0.4) is 0 Å². The summed E-state index contributed by atoms with van der Waals surface area (Å²) in [4.78, 5) is 1.04. The van der Waals surface area contributed by atoms with E-state index in [1.54, 1.807) is 24.3 Å². The van der Waals surface area contributed by atoms with Crippen LogP contribution in [0.1, 0.15) is 21.7 Å². The molecule has 0 aliphatic carbocycles. The lowest BCUT2D eigenvalue weighted by Crippen LogP contribution is -2.54. The number of benzene rings is 2. The highest BCUT2D eigenvalue weighted by atomic mass is 32.2. The lowest BCUT2D eigenvalue weighted by molar-refractivity contribution is -0.0698. The number of nitrogens with zero attached hydrogens (tertiary/aromatic N) is 2. The van der Waals surface area contributed by atoms with E-state index in [1.807, 2.05) is 0 Å². The second kappa shape index (κ2) is 9.38. The van der Waals surface area contributed by atoms with Crippen LogP contribution < -0.4 is 4.74 Å². The van der Waals surface area contributed by atoms with E-state index in [2.05, 4.69) is 0 Å². The highest BCUT2D eigenvalue weighted by molar-refractivity contribution is 7.88. The molecule has 0 bridgehead atoms. The molecule has 2 unspecified atom stereocenters. The van der Waals surface area contributed by atoms with Crippen molar-refractivity contribution in [3.05, 3.63) is 65.0 Å². The largest absolute Gasteiger partial charge is 0.497 e. The highest BCUT2D eigenvalue weighted by Gasteiger charge is 2.45. The molecule has 1 heterocycles. The van der Waals surface area contributed by atoms with Crippen molar-refractivity contribution >= 4 is 10.0 Å². The van der Waals surface area contributed by atoms with Gasteiger partial charge in [0.2, 0.25) is 10.0 Å². The molecule has 10 heteroatoms. The van der Waals surface area contributed by atoms with Gasteiger partial charge in [0.25, 0.3) is 0 Å². The number of aliphatic hydroxyl groups is 1. The number of halogens is 3. The van der Waals surface area contributed by atoms with Gasteiger partial charge in [-0.15, -0.1) is 0 Å². The van der Waals surface area contributed by atoms with Crippen molar-refractivity contribution in [2.45, 2.75) is 17.8 Å². The molecule has 0 spiro atoms. The summed E-state index contributed by atoms with van der Waals surface area (Å²) < 4.78 is 96.4. The molecule has 0 radical (unpaired) electrons. The van der Waals surface area contributed by atoms with Crippen LogP contribution in [0.5, 0.6) is 5.75 Å². The molecule has 176 valence electrons. The lowest BCUT2D eigenvalue weighted by Gasteiger charge is -2.45. The first-order valence-corrected chi connectivity index (χ1v) is 11.5. The minimum Gasteiger partial charge on any atom is -0.497 e. The predicted octanol–water partition coefficient (Wildman–Crippen LogP) is 2.71. The fraction of sp³-hybridized carbons (Fsp3) is 0.455. The van der Waals surface area contributed by atoms with E-state index in [-0.39, 0.29) is 32.1 Å². The molecule has 1 aliphatic heterocycles. The molecule has 6 nitrogen and oxygen atoms in total. The van der Waals surface area contributed by atoms with E-state index in [4.69, 9.17) is 8.85 Å². The zero-order valence-corrected chi connectivity index (χ0v) is 18.5. The van der Waals surface area contributed by atoms with E-state index in [0.29, 0.717) is 17.4 Å². The van der Waals surface area contributed by atoms with Gasteiger partial charge in [0.1, 0.15) is 11.6 Å². The Kier molecular flexibility index (Phi) is 6.00. The van der Waals surface area contributed by atoms with Crippen LogP contribution >= 0.6 is 0 Å². The normalized spacial score (nSPS) is 24.1. The van der Waals surface area contributed by atoms with Gasteiger partial charge in [-0.1, -0.05) is 12.1 Å². The molecule has 0 aromatic heterocycles. The molecule has 3 rings (SSSR count). The molecule has 1 N–H and O–H groups in total. The molecule has 1 fully saturated rings. The number of piperidine rings is 1. The van der Waals surface area contributed by atoms with E-state index < -0.39 is 57.3 Å². The fourth-order valence-electron chi connectivity index (χ4n) is 4.01. The minimum atomic E-state index is -4.23. The predicted molar refractivity (Wildman–Crippen MR) is 114 cm³/mol. The molecule has 32 heavy (non-hydrogen) atoms. The van der Waals surface area contributed by atoms with Gasteiger partial charge in [0.15, 0.2) is 11.6 Å². The van der Waals surface area contributed by atoms with Crippen LogP contribution in [0, 0.1) is 23.4 Å². The molecule has 2 atom stereocenters. The van der Waals surface area contributed by atoms with Crippen molar-refractivity contribution in [3.63, 3.8) is 0 Å². The Morgan fingerprint density at radius 1 is 1.25 bits per heavy atom. The van der Waals surface area contributed by atoms with E-state index in [9.17, 15) is 26.7 Å². The molecular formula is C22H27F3N2O4S. The summed E-state index contributed by atoms with van der Waals surface area (Å²) in [6, 6.07) is 7.36. The SMILES string of the molecule is [2H]C([2H])([2H])N(C)CC1CN(S(=O)(=O)Cc2cc(F)c(F)cc2F)CCC1(O)c1cccc(OC)c1. The Morgan fingerprint density at radius 3 is 2.66 bits per heavy atom. The Labute approximate surface area is 190 Å². The number of hydrogen-bond donors (Lipinski definition) is 1. The summed E-state index contributed by atoms with van der Waals surface area (Å²) in [6.07, 6.45) is -0.0842. The first-order valence-electron chi connectivity index (χ1n) is 11.4. The van der Waals surface area contributed by atoms with Crippen molar-refractivity contribution in [1.29, 1.82) is 0 Å². The Bertz CT molecular complexity index is 1180. The van der Waals surface area contributed by atoms with Gasteiger partial charge in [0.05, 0.1) is 18.5 Å². The van der Waals surface area contributed by atoms with E-state index in [1.165, 1.54) is 14.2 Å². The maximum Gasteiger partial charge on any atom is 0.218 e. The molecule has 0 amide bonds. The summed E-state index contributed by atoms with van der Waals surface area (Å²) in [6.45, 7) is -3.11. The van der Waals surface area contributed by atoms with Crippen molar-refractivity contribution in [2.75, 3.05) is 40.8 Å². The summed E-state index contributed by atoms with van der Waals surface area (Å²) in [5.74, 6) is -5.36. The second-order valence-corrected chi connectivity index (χ2v) is 9.92. The van der Waals surface area contributed by atoms with Crippen LogP contribution in [0.2, 0.25) is 0 Å². The van der Waals surface area contributed by atoms with Crippen molar-refractivity contribution in [3.8, 4) is 5.75 Å². The molecule has 2 aromatic carbocycles. The summed E-state index contributed by atoms with van der Waals surface area (Å²) in [5.41, 5.74) is -1.69. The smallest absolute Gasteiger partial charge is 0.218 e. The second-order valence-electron chi connectivity index (χ2n) is 7.96. The monoisotopic (exact) mass is 475 g/mol. The van der Waals surface area contributed by atoms with Crippen LogP contribution in [0.25, 0.3) is 0 Å². The zero-order chi connectivity index (χ0) is 26.2. The van der Waals surface area contributed by atoms with Gasteiger partial charge < -0.3 is 14.7 Å². The topological polar surface area (TPSA) is 70.1 Å². The van der Waals surface area contributed by atoms with Gasteiger partial charge in [-0.05, 0) is 44.2 Å². The number of ether oxygens (including phenoxy) is 1. The molecule has 1 saturated heterocycles. The average molecular weight is 476 g/mol. The number of rotatable bonds is 7. The van der Waals surface area contributed by atoms with Crippen LogP contribution in [0.15, 0.2) is 36.4 Å². The number of sulfonamides is 1. The van der Waals surface area contributed by atoms with Crippen molar-refractivity contribution in [2.24, 2.45) is 5.92 Å². The number of hydrogen-bond acceptors (Lipinski definition) is 5. The molecule has 0 saturated carbocycles. The third kappa shape index (κ3) is 5.09. The maximum atomic E-state index is 14.1. The third-order valence-corrected chi connectivity index (χ3v) is 7.52. The maximum absolute atomic E-state index is 14.1. The van der Waals surface area contributed by atoms with Gasteiger partial charge in [-0.3, -0.25) is 0 Å². The van der Waals surface area contributed by atoms with Crippen LogP contribution in [-0.4, -0.2) is 63.5 Å². The Hall–Kier alpha value is -2.14. The Balaban J connectivity index is 1.94. The standard InChI is InChI=1S/C22H27F3N2O4S/c1-26(2)12-17-13-27(8-7-22(17,28)16-5-4-6-18(10-16)31-3)32(29,30)14-15-9-20(24)21(25)11-19(15)23/h4-6,9-11,17,28H,7-8,12-14H2,1-3H3/i1D3. The fourth-order valence-corrected chi connectivity index (χ4v) is 5.59. The summed E-state index contributed by atoms with van der Waals surface area (Å²) in [7, 11) is -1.44. The minimum absolute atomic E-state index is 0.0842. The quantitative estimate of drug-likeness (QED) is 0.624. The van der Waals surface area contributed by atoms with Crippen molar-refractivity contribution in [1.82, 2.24) is 9.21 Å². The van der Waals surface area contributed by atoms with E-state index in [0.717, 1.165) is 9.21 Å².